The van der Waals surface area contributed by atoms with E-state index in [-0.39, 0.29) is 11.5 Å². The zero-order valence-electron chi connectivity index (χ0n) is 16.2. The summed E-state index contributed by atoms with van der Waals surface area (Å²) in [5, 5.41) is 20.5. The highest BCUT2D eigenvalue weighted by Crippen LogP contribution is 2.26. The largest absolute Gasteiger partial charge is 0.371 e. The Morgan fingerprint density at radius 1 is 1.00 bits per heavy atom. The fourth-order valence-corrected chi connectivity index (χ4v) is 3.98. The Kier molecular flexibility index (Phi) is 6.92. The van der Waals surface area contributed by atoms with Gasteiger partial charge in [-0.25, -0.2) is 0 Å². The zero-order valence-corrected chi connectivity index (χ0v) is 16.2. The SMILES string of the molecule is N#CC(C#N)=CNc1ccc(N2CCCC(C(=O)N3CCCCCC3)C2)cc1. The van der Waals surface area contributed by atoms with Crippen molar-refractivity contribution in [2.75, 3.05) is 36.4 Å². The molecule has 0 spiro atoms. The lowest BCUT2D eigenvalue weighted by molar-refractivity contribution is -0.135. The molecule has 3 rings (SSSR count). The highest BCUT2D eigenvalue weighted by Gasteiger charge is 2.29. The predicted molar refractivity (Wildman–Crippen MR) is 109 cm³/mol. The fourth-order valence-electron chi connectivity index (χ4n) is 3.98. The molecular formula is C22H27N5O. The number of piperidine rings is 1. The van der Waals surface area contributed by atoms with Gasteiger partial charge in [0, 0.05) is 43.8 Å². The lowest BCUT2D eigenvalue weighted by Gasteiger charge is -2.36. The van der Waals surface area contributed by atoms with Crippen molar-refractivity contribution in [3.05, 3.63) is 36.0 Å². The van der Waals surface area contributed by atoms with Crippen LogP contribution in [0.5, 0.6) is 0 Å². The first-order chi connectivity index (χ1) is 13.7. The van der Waals surface area contributed by atoms with E-state index in [0.717, 1.165) is 63.2 Å². The van der Waals surface area contributed by atoms with Crippen LogP contribution >= 0.6 is 0 Å². The molecule has 0 aromatic heterocycles. The van der Waals surface area contributed by atoms with Crippen LogP contribution in [0.2, 0.25) is 0 Å². The third-order valence-corrected chi connectivity index (χ3v) is 5.54. The number of anilines is 2. The second kappa shape index (κ2) is 9.80. The monoisotopic (exact) mass is 377 g/mol. The van der Waals surface area contributed by atoms with E-state index >= 15 is 0 Å². The molecule has 2 aliphatic heterocycles. The number of nitrogens with zero attached hydrogens (tertiary/aromatic N) is 4. The van der Waals surface area contributed by atoms with Gasteiger partial charge in [0.2, 0.25) is 5.91 Å². The number of hydrogen-bond donors (Lipinski definition) is 1. The number of allylic oxidation sites excluding steroid dienone is 1. The molecule has 2 saturated heterocycles. The fraction of sp³-hybridized carbons (Fsp3) is 0.500. The van der Waals surface area contributed by atoms with E-state index in [1.54, 1.807) is 0 Å². The number of likely N-dealkylation sites (tertiary alicyclic amines) is 1. The molecule has 1 amide bonds. The first kappa shape index (κ1) is 19.8. The minimum Gasteiger partial charge on any atom is -0.371 e. The molecule has 6 heteroatoms. The van der Waals surface area contributed by atoms with Gasteiger partial charge >= 0.3 is 0 Å². The van der Waals surface area contributed by atoms with Crippen LogP contribution < -0.4 is 10.2 Å². The summed E-state index contributed by atoms with van der Waals surface area (Å²) in [5.74, 6) is 0.414. The summed E-state index contributed by atoms with van der Waals surface area (Å²) in [7, 11) is 0. The lowest BCUT2D eigenvalue weighted by Crippen LogP contribution is -2.45. The highest BCUT2D eigenvalue weighted by molar-refractivity contribution is 5.80. The average Bonchev–Trinajstić information content (AvgIpc) is 3.04. The van der Waals surface area contributed by atoms with Gasteiger partial charge in [-0.2, -0.15) is 10.5 Å². The van der Waals surface area contributed by atoms with E-state index in [4.69, 9.17) is 10.5 Å². The molecule has 146 valence electrons. The first-order valence-electron chi connectivity index (χ1n) is 10.1. The Labute approximate surface area is 167 Å². The topological polar surface area (TPSA) is 83.2 Å². The van der Waals surface area contributed by atoms with Crippen molar-refractivity contribution in [3.63, 3.8) is 0 Å². The van der Waals surface area contributed by atoms with Crippen LogP contribution in [0, 0.1) is 28.6 Å². The van der Waals surface area contributed by atoms with Gasteiger partial charge in [-0.3, -0.25) is 4.79 Å². The molecule has 0 radical (unpaired) electrons. The Morgan fingerprint density at radius 3 is 2.32 bits per heavy atom. The minimum atomic E-state index is 0.0370. The maximum Gasteiger partial charge on any atom is 0.227 e. The van der Waals surface area contributed by atoms with Crippen molar-refractivity contribution >= 4 is 17.3 Å². The minimum absolute atomic E-state index is 0.0370. The quantitative estimate of drug-likeness (QED) is 0.810. The van der Waals surface area contributed by atoms with Crippen LogP contribution in [0.15, 0.2) is 36.0 Å². The molecule has 1 atom stereocenters. The number of carbonyl (C=O) groups is 1. The molecule has 0 saturated carbocycles. The molecule has 2 aliphatic rings. The third-order valence-electron chi connectivity index (χ3n) is 5.54. The Balaban J connectivity index is 1.61. The second-order valence-electron chi connectivity index (χ2n) is 7.50. The van der Waals surface area contributed by atoms with Gasteiger partial charge < -0.3 is 15.1 Å². The van der Waals surface area contributed by atoms with Gasteiger partial charge in [0.05, 0.1) is 5.92 Å². The zero-order chi connectivity index (χ0) is 19.8. The van der Waals surface area contributed by atoms with Crippen molar-refractivity contribution in [2.45, 2.75) is 38.5 Å². The highest BCUT2D eigenvalue weighted by atomic mass is 16.2. The smallest absolute Gasteiger partial charge is 0.227 e. The first-order valence-corrected chi connectivity index (χ1v) is 10.1. The van der Waals surface area contributed by atoms with Gasteiger partial charge in [-0.1, -0.05) is 12.8 Å². The number of nitriles is 2. The number of hydrogen-bond acceptors (Lipinski definition) is 5. The van der Waals surface area contributed by atoms with E-state index in [0.29, 0.717) is 5.91 Å². The van der Waals surface area contributed by atoms with Crippen molar-refractivity contribution < 1.29 is 4.79 Å². The van der Waals surface area contributed by atoms with Gasteiger partial charge in [0.15, 0.2) is 0 Å². The van der Waals surface area contributed by atoms with Crippen LogP contribution in [-0.4, -0.2) is 37.0 Å². The summed E-state index contributed by atoms with van der Waals surface area (Å²) in [6, 6.07) is 11.5. The summed E-state index contributed by atoms with van der Waals surface area (Å²) < 4.78 is 0. The summed E-state index contributed by atoms with van der Waals surface area (Å²) in [6.07, 6.45) is 8.14. The predicted octanol–water partition coefficient (Wildman–Crippen LogP) is 3.65. The number of benzene rings is 1. The lowest BCUT2D eigenvalue weighted by atomic mass is 9.95. The number of rotatable bonds is 4. The normalized spacial score (nSPS) is 19.7. The molecule has 1 N–H and O–H groups in total. The van der Waals surface area contributed by atoms with Crippen LogP contribution in [0.3, 0.4) is 0 Å². The summed E-state index contributed by atoms with van der Waals surface area (Å²) >= 11 is 0. The number of carbonyl (C=O) groups excluding carboxylic acids is 1. The molecular weight excluding hydrogens is 350 g/mol. The summed E-state index contributed by atoms with van der Waals surface area (Å²) in [6.45, 7) is 3.56. The molecule has 6 nitrogen and oxygen atoms in total. The molecule has 0 aliphatic carbocycles. The Bertz CT molecular complexity index is 763. The second-order valence-corrected chi connectivity index (χ2v) is 7.50. The van der Waals surface area contributed by atoms with E-state index in [2.05, 4.69) is 15.1 Å². The van der Waals surface area contributed by atoms with Crippen LogP contribution in [-0.2, 0) is 4.79 Å². The maximum atomic E-state index is 13.0. The van der Waals surface area contributed by atoms with E-state index in [1.807, 2.05) is 36.4 Å². The molecule has 1 aromatic rings. The maximum absolute atomic E-state index is 13.0. The third kappa shape index (κ3) is 5.04. The average molecular weight is 377 g/mol. The molecule has 1 aromatic carbocycles. The van der Waals surface area contributed by atoms with Gasteiger partial charge in [0.1, 0.15) is 17.7 Å². The van der Waals surface area contributed by atoms with E-state index in [1.165, 1.54) is 19.0 Å². The van der Waals surface area contributed by atoms with Crippen molar-refractivity contribution in [2.24, 2.45) is 5.92 Å². The Morgan fingerprint density at radius 2 is 1.68 bits per heavy atom. The van der Waals surface area contributed by atoms with E-state index < -0.39 is 0 Å². The van der Waals surface area contributed by atoms with Crippen molar-refractivity contribution in [1.29, 1.82) is 10.5 Å². The summed E-state index contributed by atoms with van der Waals surface area (Å²) in [5.41, 5.74) is 1.96. The molecule has 1 unspecified atom stereocenters. The standard InChI is InChI=1S/C22H27N5O/c23-14-18(15-24)16-25-20-7-9-21(10-8-20)27-13-5-6-19(17-27)22(28)26-11-3-1-2-4-12-26/h7-10,16,19,25H,1-6,11-13,17H2. The van der Waals surface area contributed by atoms with E-state index in [9.17, 15) is 4.79 Å². The molecule has 2 fully saturated rings. The molecule has 0 bridgehead atoms. The van der Waals surface area contributed by atoms with Gasteiger partial charge in [-0.05, 0) is 49.9 Å². The van der Waals surface area contributed by atoms with Crippen molar-refractivity contribution in [1.82, 2.24) is 4.90 Å². The van der Waals surface area contributed by atoms with Gasteiger partial charge in [0.25, 0.3) is 0 Å². The van der Waals surface area contributed by atoms with Crippen LogP contribution in [0.25, 0.3) is 0 Å². The number of amides is 1. The molecule has 2 heterocycles. The Hall–Kier alpha value is -2.99. The summed E-state index contributed by atoms with van der Waals surface area (Å²) in [4.78, 5) is 17.3. The van der Waals surface area contributed by atoms with Crippen LogP contribution in [0.1, 0.15) is 38.5 Å². The molecule has 28 heavy (non-hydrogen) atoms. The van der Waals surface area contributed by atoms with Gasteiger partial charge in [-0.15, -0.1) is 0 Å². The number of nitrogens with one attached hydrogen (secondary N) is 1. The van der Waals surface area contributed by atoms with Crippen LogP contribution in [0.4, 0.5) is 11.4 Å². The van der Waals surface area contributed by atoms with Crippen molar-refractivity contribution in [3.8, 4) is 12.1 Å².